The fourth-order valence-corrected chi connectivity index (χ4v) is 4.46. The van der Waals surface area contributed by atoms with Gasteiger partial charge in [0.05, 0.1) is 24.7 Å². The molecule has 1 heterocycles. The van der Waals surface area contributed by atoms with Gasteiger partial charge in [0.1, 0.15) is 6.10 Å². The first-order valence-corrected chi connectivity index (χ1v) is 9.66. The lowest BCUT2D eigenvalue weighted by Crippen LogP contribution is -2.37. The van der Waals surface area contributed by atoms with E-state index in [-0.39, 0.29) is 16.7 Å². The van der Waals surface area contributed by atoms with E-state index in [0.717, 1.165) is 10.4 Å². The summed E-state index contributed by atoms with van der Waals surface area (Å²) in [6.45, 7) is 0.181. The van der Waals surface area contributed by atoms with Crippen LogP contribution in [0.1, 0.15) is 25.7 Å². The molecule has 1 aromatic rings. The minimum Gasteiger partial charge on any atom is -0.487 e. The van der Waals surface area contributed by atoms with Gasteiger partial charge in [0, 0.05) is 18.9 Å². The first-order chi connectivity index (χ1) is 11.9. The van der Waals surface area contributed by atoms with E-state index in [2.05, 4.69) is 0 Å². The fourth-order valence-electron chi connectivity index (χ4n) is 2.79. The quantitative estimate of drug-likeness (QED) is 0.731. The van der Waals surface area contributed by atoms with Crippen LogP contribution in [-0.4, -0.2) is 51.1 Å². The van der Waals surface area contributed by atoms with Crippen molar-refractivity contribution < 1.29 is 31.1 Å². The predicted octanol–water partition coefficient (Wildman–Crippen LogP) is 2.80. The molecule has 25 heavy (non-hydrogen) atoms. The largest absolute Gasteiger partial charge is 0.487 e. The number of halogens is 3. The van der Waals surface area contributed by atoms with Crippen LogP contribution in [0.3, 0.4) is 0 Å². The van der Waals surface area contributed by atoms with Crippen molar-refractivity contribution >= 4 is 10.0 Å². The minimum atomic E-state index is -4.17. The first kappa shape index (κ1) is 18.5. The lowest BCUT2D eigenvalue weighted by Gasteiger charge is -2.24. The molecule has 0 N–H and O–H groups in total. The molecule has 1 aliphatic heterocycles. The summed E-state index contributed by atoms with van der Waals surface area (Å²) in [6.07, 6.45) is -0.630. The molecule has 2 aliphatic rings. The molecule has 1 saturated carbocycles. The van der Waals surface area contributed by atoms with Gasteiger partial charge in [0.15, 0.2) is 11.6 Å². The third-order valence-electron chi connectivity index (χ3n) is 4.24. The molecule has 2 fully saturated rings. The summed E-state index contributed by atoms with van der Waals surface area (Å²) in [5.41, 5.74) is 0. The summed E-state index contributed by atoms with van der Waals surface area (Å²) < 4.78 is 76.4. The smallest absolute Gasteiger partial charge is 0.252 e. The Balaban J connectivity index is 1.78. The van der Waals surface area contributed by atoms with E-state index in [9.17, 15) is 21.6 Å². The van der Waals surface area contributed by atoms with Gasteiger partial charge >= 0.3 is 0 Å². The van der Waals surface area contributed by atoms with E-state index in [1.165, 1.54) is 12.1 Å². The van der Waals surface area contributed by atoms with Gasteiger partial charge in [-0.2, -0.15) is 4.31 Å². The average Bonchev–Trinajstić information content (AvgIpc) is 3.40. The summed E-state index contributed by atoms with van der Waals surface area (Å²) >= 11 is 0. The summed E-state index contributed by atoms with van der Waals surface area (Å²) in [6, 6.07) is 2.85. The van der Waals surface area contributed by atoms with Crippen LogP contribution in [0.4, 0.5) is 13.2 Å². The fraction of sp³-hybridized carbons (Fsp3) is 0.625. The Morgan fingerprint density at radius 1 is 1.20 bits per heavy atom. The number of hydrogen-bond acceptors (Lipinski definition) is 4. The van der Waals surface area contributed by atoms with Crippen LogP contribution in [0, 0.1) is 5.82 Å². The van der Waals surface area contributed by atoms with Gasteiger partial charge in [0.25, 0.3) is 6.43 Å². The molecular weight excluding hydrogens is 359 g/mol. The van der Waals surface area contributed by atoms with Crippen LogP contribution in [0.15, 0.2) is 23.1 Å². The number of sulfonamides is 1. The molecule has 5 nitrogen and oxygen atoms in total. The van der Waals surface area contributed by atoms with Crippen molar-refractivity contribution in [3.05, 3.63) is 24.0 Å². The van der Waals surface area contributed by atoms with E-state index < -0.39 is 34.9 Å². The Morgan fingerprint density at radius 2 is 1.88 bits per heavy atom. The van der Waals surface area contributed by atoms with Crippen LogP contribution in [0.25, 0.3) is 0 Å². The molecule has 1 aliphatic carbocycles. The third-order valence-corrected chi connectivity index (χ3v) is 6.16. The zero-order valence-corrected chi connectivity index (χ0v) is 14.4. The second-order valence-corrected chi connectivity index (χ2v) is 8.11. The highest BCUT2D eigenvalue weighted by atomic mass is 32.2. The Hall–Kier alpha value is -1.32. The summed E-state index contributed by atoms with van der Waals surface area (Å²) in [7, 11) is -4.17. The van der Waals surface area contributed by atoms with Gasteiger partial charge in [-0.1, -0.05) is 0 Å². The second kappa shape index (κ2) is 7.51. The normalized spacial score (nSPS) is 19.6. The highest BCUT2D eigenvalue weighted by Crippen LogP contribution is 2.34. The van der Waals surface area contributed by atoms with Crippen molar-refractivity contribution in [3.8, 4) is 5.75 Å². The molecule has 0 radical (unpaired) electrons. The van der Waals surface area contributed by atoms with Crippen LogP contribution >= 0.6 is 0 Å². The molecule has 0 bridgehead atoms. The van der Waals surface area contributed by atoms with E-state index in [1.807, 2.05) is 0 Å². The lowest BCUT2D eigenvalue weighted by molar-refractivity contribution is 0.0240. The SMILES string of the molecule is O=S(=O)(c1ccc(OC2CCOCC2)c(F)c1)N(CC(F)F)C1CC1. The maximum absolute atomic E-state index is 14.3. The van der Waals surface area contributed by atoms with E-state index >= 15 is 0 Å². The van der Waals surface area contributed by atoms with Gasteiger partial charge < -0.3 is 9.47 Å². The van der Waals surface area contributed by atoms with Crippen LogP contribution in [-0.2, 0) is 14.8 Å². The average molecular weight is 379 g/mol. The number of ether oxygens (including phenoxy) is 2. The number of rotatable bonds is 7. The number of nitrogens with zero attached hydrogens (tertiary/aromatic N) is 1. The predicted molar refractivity (Wildman–Crippen MR) is 83.8 cm³/mol. The molecule has 0 spiro atoms. The van der Waals surface area contributed by atoms with Crippen molar-refractivity contribution in [3.63, 3.8) is 0 Å². The maximum atomic E-state index is 14.3. The Kier molecular flexibility index (Phi) is 5.55. The summed E-state index contributed by atoms with van der Waals surface area (Å²) in [4.78, 5) is -0.336. The van der Waals surface area contributed by atoms with Crippen LogP contribution in [0.2, 0.25) is 0 Å². The minimum absolute atomic E-state index is 0.0438. The molecule has 9 heteroatoms. The van der Waals surface area contributed by atoms with E-state index in [0.29, 0.717) is 38.9 Å². The van der Waals surface area contributed by atoms with E-state index in [1.54, 1.807) is 0 Å². The molecule has 0 aromatic heterocycles. The van der Waals surface area contributed by atoms with Crippen LogP contribution in [0.5, 0.6) is 5.75 Å². The third kappa shape index (κ3) is 4.45. The lowest BCUT2D eigenvalue weighted by atomic mass is 10.1. The van der Waals surface area contributed by atoms with Crippen molar-refractivity contribution in [1.29, 1.82) is 0 Å². The number of alkyl halides is 2. The van der Waals surface area contributed by atoms with Gasteiger partial charge in [0.2, 0.25) is 10.0 Å². The molecule has 0 atom stereocenters. The zero-order valence-electron chi connectivity index (χ0n) is 13.5. The number of hydrogen-bond donors (Lipinski definition) is 0. The van der Waals surface area contributed by atoms with Crippen molar-refractivity contribution in [1.82, 2.24) is 4.31 Å². The van der Waals surface area contributed by atoms with Gasteiger partial charge in [-0.3, -0.25) is 0 Å². The van der Waals surface area contributed by atoms with E-state index in [4.69, 9.17) is 9.47 Å². The van der Waals surface area contributed by atoms with Crippen molar-refractivity contribution in [2.75, 3.05) is 19.8 Å². The monoisotopic (exact) mass is 379 g/mol. The summed E-state index contributed by atoms with van der Waals surface area (Å²) in [5.74, 6) is -0.863. The molecule has 140 valence electrons. The maximum Gasteiger partial charge on any atom is 0.252 e. The second-order valence-electron chi connectivity index (χ2n) is 6.22. The van der Waals surface area contributed by atoms with Crippen molar-refractivity contribution in [2.24, 2.45) is 0 Å². The highest BCUT2D eigenvalue weighted by Gasteiger charge is 2.39. The first-order valence-electron chi connectivity index (χ1n) is 8.22. The molecular formula is C16H20F3NO4S. The summed E-state index contributed by atoms with van der Waals surface area (Å²) in [5, 5.41) is 0. The van der Waals surface area contributed by atoms with Gasteiger partial charge in [-0.15, -0.1) is 0 Å². The molecule has 1 aromatic carbocycles. The molecule has 0 unspecified atom stereocenters. The topological polar surface area (TPSA) is 55.8 Å². The Labute approximate surface area is 144 Å². The molecule has 1 saturated heterocycles. The number of benzene rings is 1. The molecule has 3 rings (SSSR count). The van der Waals surface area contributed by atoms with Gasteiger partial charge in [-0.25, -0.2) is 21.6 Å². The Bertz CT molecular complexity index is 703. The zero-order chi connectivity index (χ0) is 18.0. The van der Waals surface area contributed by atoms with Gasteiger partial charge in [-0.05, 0) is 31.0 Å². The molecule has 0 amide bonds. The van der Waals surface area contributed by atoms with Crippen LogP contribution < -0.4 is 4.74 Å². The highest BCUT2D eigenvalue weighted by molar-refractivity contribution is 7.89. The standard InChI is InChI=1S/C16H20F3NO4S/c17-14-9-13(3-4-15(14)24-12-5-7-23-8-6-12)25(21,22)20(10-16(18)19)11-1-2-11/h3-4,9,11-12,16H,1-2,5-8,10H2. The van der Waals surface area contributed by atoms with Crippen molar-refractivity contribution in [2.45, 2.75) is 49.2 Å². The Morgan fingerprint density at radius 3 is 2.44 bits per heavy atom.